The van der Waals surface area contributed by atoms with Crippen molar-refractivity contribution < 1.29 is 0 Å². The second kappa shape index (κ2) is 6.78. The first-order valence-corrected chi connectivity index (χ1v) is 7.60. The van der Waals surface area contributed by atoms with E-state index in [1.807, 2.05) is 18.8 Å². The number of hydrogen-bond acceptors (Lipinski definition) is 2. The van der Waals surface area contributed by atoms with Gasteiger partial charge in [-0.25, -0.2) is 0 Å². The van der Waals surface area contributed by atoms with Gasteiger partial charge in [-0.1, -0.05) is 35.9 Å². The average molecular weight is 271 g/mol. The maximum Gasteiger partial charge on any atom is 0.0234 e. The van der Waals surface area contributed by atoms with Crippen molar-refractivity contribution in [3.05, 3.63) is 64.7 Å². The van der Waals surface area contributed by atoms with Gasteiger partial charge < -0.3 is 5.32 Å². The molecule has 2 aromatic carbocycles. The minimum Gasteiger partial charge on any atom is -0.316 e. The molecule has 0 spiro atoms. The van der Waals surface area contributed by atoms with Gasteiger partial charge in [-0.3, -0.25) is 0 Å². The van der Waals surface area contributed by atoms with Crippen LogP contribution in [0.25, 0.3) is 0 Å². The Hall–Kier alpha value is -1.25. The number of thioether (sulfide) groups is 1. The molecule has 2 aromatic rings. The summed E-state index contributed by atoms with van der Waals surface area (Å²) in [6.07, 6.45) is 0. The Bertz CT molecular complexity index is 549. The first kappa shape index (κ1) is 14.2. The number of hydrogen-bond donors (Lipinski definition) is 1. The Labute approximate surface area is 120 Å². The van der Waals surface area contributed by atoms with E-state index in [1.165, 1.54) is 27.1 Å². The van der Waals surface area contributed by atoms with Gasteiger partial charge in [0.05, 0.1) is 0 Å². The van der Waals surface area contributed by atoms with Crippen LogP contribution in [0.2, 0.25) is 0 Å². The molecule has 19 heavy (non-hydrogen) atoms. The summed E-state index contributed by atoms with van der Waals surface area (Å²) < 4.78 is 0. The summed E-state index contributed by atoms with van der Waals surface area (Å²) in [6.45, 7) is 5.27. The van der Waals surface area contributed by atoms with Gasteiger partial charge in [0.1, 0.15) is 0 Å². The van der Waals surface area contributed by atoms with Crippen LogP contribution in [0, 0.1) is 13.8 Å². The minimum atomic E-state index is 0.928. The first-order valence-electron chi connectivity index (χ1n) is 6.61. The predicted octanol–water partition coefficient (Wildman–Crippen LogP) is 4.32. The summed E-state index contributed by atoms with van der Waals surface area (Å²) in [5, 5.41) is 3.19. The lowest BCUT2D eigenvalue weighted by molar-refractivity contribution is 0.815. The molecule has 2 heteroatoms. The molecule has 0 radical (unpaired) electrons. The Kier molecular flexibility index (Phi) is 5.06. The third kappa shape index (κ3) is 4.12. The molecule has 0 aliphatic rings. The van der Waals surface area contributed by atoms with E-state index in [1.54, 1.807) is 0 Å². The second-order valence-corrected chi connectivity index (χ2v) is 5.95. The lowest BCUT2D eigenvalue weighted by Crippen LogP contribution is -2.04. The topological polar surface area (TPSA) is 12.0 Å². The molecule has 1 nitrogen and oxygen atoms in total. The Balaban J connectivity index is 2.05. The zero-order valence-corrected chi connectivity index (χ0v) is 12.7. The minimum absolute atomic E-state index is 0.928. The van der Waals surface area contributed by atoms with Crippen molar-refractivity contribution in [2.24, 2.45) is 0 Å². The SMILES string of the molecule is CNCc1cccc(SCc2cc(C)ccc2C)c1. The van der Waals surface area contributed by atoms with E-state index in [0.29, 0.717) is 0 Å². The highest BCUT2D eigenvalue weighted by atomic mass is 32.2. The molecule has 0 aromatic heterocycles. The lowest BCUT2D eigenvalue weighted by Gasteiger charge is -2.08. The molecule has 0 atom stereocenters. The van der Waals surface area contributed by atoms with Crippen LogP contribution in [0.1, 0.15) is 22.3 Å². The normalized spacial score (nSPS) is 10.7. The van der Waals surface area contributed by atoms with Crippen molar-refractivity contribution in [3.8, 4) is 0 Å². The van der Waals surface area contributed by atoms with E-state index >= 15 is 0 Å². The van der Waals surface area contributed by atoms with Gasteiger partial charge in [0, 0.05) is 17.2 Å². The van der Waals surface area contributed by atoms with E-state index in [4.69, 9.17) is 0 Å². The highest BCUT2D eigenvalue weighted by molar-refractivity contribution is 7.98. The Morgan fingerprint density at radius 1 is 1.05 bits per heavy atom. The molecule has 0 saturated carbocycles. The van der Waals surface area contributed by atoms with E-state index in [9.17, 15) is 0 Å². The van der Waals surface area contributed by atoms with Crippen LogP contribution < -0.4 is 5.32 Å². The smallest absolute Gasteiger partial charge is 0.0234 e. The van der Waals surface area contributed by atoms with Crippen molar-refractivity contribution in [1.82, 2.24) is 5.32 Å². The second-order valence-electron chi connectivity index (χ2n) is 4.90. The van der Waals surface area contributed by atoms with Gasteiger partial charge in [0.25, 0.3) is 0 Å². The van der Waals surface area contributed by atoms with Crippen molar-refractivity contribution >= 4 is 11.8 Å². The van der Waals surface area contributed by atoms with Crippen LogP contribution in [0.3, 0.4) is 0 Å². The molecular formula is C17H21NS. The number of benzene rings is 2. The monoisotopic (exact) mass is 271 g/mol. The maximum absolute atomic E-state index is 3.19. The summed E-state index contributed by atoms with van der Waals surface area (Å²) in [5.41, 5.74) is 5.49. The number of aryl methyl sites for hydroxylation is 2. The van der Waals surface area contributed by atoms with Crippen molar-refractivity contribution in [1.29, 1.82) is 0 Å². The van der Waals surface area contributed by atoms with E-state index in [2.05, 4.69) is 61.6 Å². The van der Waals surface area contributed by atoms with Gasteiger partial charge in [0.15, 0.2) is 0 Å². The summed E-state index contributed by atoms with van der Waals surface area (Å²) in [7, 11) is 1.98. The first-order chi connectivity index (χ1) is 9.19. The molecule has 0 saturated heterocycles. The fourth-order valence-electron chi connectivity index (χ4n) is 2.07. The Morgan fingerprint density at radius 3 is 2.68 bits per heavy atom. The third-order valence-corrected chi connectivity index (χ3v) is 4.22. The fraction of sp³-hybridized carbons (Fsp3) is 0.294. The van der Waals surface area contributed by atoms with Crippen molar-refractivity contribution in [2.45, 2.75) is 31.0 Å². The Morgan fingerprint density at radius 2 is 1.89 bits per heavy atom. The van der Waals surface area contributed by atoms with E-state index in [-0.39, 0.29) is 0 Å². The lowest BCUT2D eigenvalue weighted by atomic mass is 10.1. The van der Waals surface area contributed by atoms with Crippen LogP contribution in [0.5, 0.6) is 0 Å². The third-order valence-electron chi connectivity index (χ3n) is 3.18. The summed E-state index contributed by atoms with van der Waals surface area (Å²) in [4.78, 5) is 1.34. The highest BCUT2D eigenvalue weighted by Gasteiger charge is 2.01. The van der Waals surface area contributed by atoms with Gasteiger partial charge in [-0.05, 0) is 49.7 Å². The molecule has 0 unspecified atom stereocenters. The fourth-order valence-corrected chi connectivity index (χ4v) is 3.11. The summed E-state index contributed by atoms with van der Waals surface area (Å²) in [5.74, 6) is 1.04. The quantitative estimate of drug-likeness (QED) is 0.813. The zero-order valence-electron chi connectivity index (χ0n) is 11.9. The van der Waals surface area contributed by atoms with Gasteiger partial charge in [-0.15, -0.1) is 11.8 Å². The van der Waals surface area contributed by atoms with Crippen molar-refractivity contribution in [3.63, 3.8) is 0 Å². The molecule has 0 aliphatic carbocycles. The largest absolute Gasteiger partial charge is 0.316 e. The maximum atomic E-state index is 3.19. The summed E-state index contributed by atoms with van der Waals surface area (Å²) >= 11 is 1.91. The molecule has 1 N–H and O–H groups in total. The molecule has 0 heterocycles. The highest BCUT2D eigenvalue weighted by Crippen LogP contribution is 2.25. The molecule has 0 bridgehead atoms. The molecule has 0 amide bonds. The molecule has 0 aliphatic heterocycles. The van der Waals surface area contributed by atoms with E-state index < -0.39 is 0 Å². The van der Waals surface area contributed by atoms with Crippen LogP contribution in [0.15, 0.2) is 47.4 Å². The van der Waals surface area contributed by atoms with Crippen LogP contribution >= 0.6 is 11.8 Å². The van der Waals surface area contributed by atoms with E-state index in [0.717, 1.165) is 12.3 Å². The summed E-state index contributed by atoms with van der Waals surface area (Å²) in [6, 6.07) is 15.4. The van der Waals surface area contributed by atoms with Crippen LogP contribution in [0.4, 0.5) is 0 Å². The average Bonchev–Trinajstić information content (AvgIpc) is 2.41. The molecular weight excluding hydrogens is 250 g/mol. The van der Waals surface area contributed by atoms with Crippen LogP contribution in [-0.2, 0) is 12.3 Å². The molecule has 100 valence electrons. The molecule has 0 fully saturated rings. The number of nitrogens with one attached hydrogen (secondary N) is 1. The van der Waals surface area contributed by atoms with Gasteiger partial charge in [-0.2, -0.15) is 0 Å². The van der Waals surface area contributed by atoms with Crippen LogP contribution in [-0.4, -0.2) is 7.05 Å². The number of rotatable bonds is 5. The zero-order chi connectivity index (χ0) is 13.7. The van der Waals surface area contributed by atoms with Crippen molar-refractivity contribution in [2.75, 3.05) is 7.05 Å². The van der Waals surface area contributed by atoms with Gasteiger partial charge >= 0.3 is 0 Å². The standard InChI is InChI=1S/C17H21NS/c1-13-7-8-14(2)16(9-13)12-19-17-6-4-5-15(10-17)11-18-3/h4-10,18H,11-12H2,1-3H3. The predicted molar refractivity (Wildman–Crippen MR) is 84.7 cm³/mol. The molecule has 2 rings (SSSR count). The van der Waals surface area contributed by atoms with Gasteiger partial charge in [0.2, 0.25) is 0 Å².